The zero-order valence-corrected chi connectivity index (χ0v) is 6.45. The molecule has 0 atom stereocenters. The Balaban J connectivity index is 0. The van der Waals surface area contributed by atoms with Gasteiger partial charge in [0.2, 0.25) is 0 Å². The molecule has 0 aliphatic rings. The standard InChI is InChI=1S/CH4O3S.Na/c1-5(2,3)4;/h1H3,(H,2,3,4);/q;+1/p-1. The Kier molecular flexibility index (Phi) is 4.98. The molecular weight excluding hydrogens is 115 g/mol. The maximum atomic E-state index is 9.08. The fourth-order valence-electron chi connectivity index (χ4n) is 0. The first-order valence-electron chi connectivity index (χ1n) is 0.908. The summed E-state index contributed by atoms with van der Waals surface area (Å²) in [5, 5.41) is 0. The molecule has 0 aromatic heterocycles. The van der Waals surface area contributed by atoms with Crippen LogP contribution in [0, 0.1) is 0 Å². The van der Waals surface area contributed by atoms with Crippen molar-refractivity contribution in [2.45, 2.75) is 0 Å². The van der Waals surface area contributed by atoms with E-state index in [0.717, 1.165) is 0 Å². The van der Waals surface area contributed by atoms with Gasteiger partial charge in [0, 0.05) is 6.26 Å². The summed E-state index contributed by atoms with van der Waals surface area (Å²) in [6.45, 7) is 0. The van der Waals surface area contributed by atoms with Crippen LogP contribution < -0.4 is 29.6 Å². The van der Waals surface area contributed by atoms with Crippen molar-refractivity contribution in [2.75, 3.05) is 6.26 Å². The second-order valence-electron chi connectivity index (χ2n) is 0.704. The van der Waals surface area contributed by atoms with Crippen LogP contribution in [0.5, 0.6) is 0 Å². The summed E-state index contributed by atoms with van der Waals surface area (Å²) in [5.74, 6) is 0. The van der Waals surface area contributed by atoms with Gasteiger partial charge in [-0.05, 0) is 0 Å². The molecule has 0 aliphatic heterocycles. The number of hydrogen-bond donors (Lipinski definition) is 0. The normalized spacial score (nSPS) is 9.67. The Bertz CT molecular complexity index is 94.0. The molecule has 0 amide bonds. The zero-order valence-electron chi connectivity index (χ0n) is 3.63. The van der Waals surface area contributed by atoms with E-state index in [0.29, 0.717) is 6.26 Å². The van der Waals surface area contributed by atoms with Crippen molar-refractivity contribution >= 4 is 10.1 Å². The summed E-state index contributed by atoms with van der Waals surface area (Å²) < 4.78 is 27.2. The van der Waals surface area contributed by atoms with Gasteiger partial charge in [-0.2, -0.15) is 0 Å². The molecule has 0 N–H and O–H groups in total. The largest absolute Gasteiger partial charge is 1.00 e. The minimum Gasteiger partial charge on any atom is -0.748 e. The van der Waals surface area contributed by atoms with Crippen molar-refractivity contribution in [1.82, 2.24) is 0 Å². The molecule has 0 heterocycles. The molecule has 0 fully saturated rings. The second-order valence-corrected chi connectivity index (χ2v) is 2.11. The van der Waals surface area contributed by atoms with Crippen LogP contribution in [-0.2, 0) is 10.1 Å². The average Bonchev–Trinajstić information content (AvgIpc) is 0.722. The van der Waals surface area contributed by atoms with Crippen LogP contribution in [0.2, 0.25) is 0 Å². The molecule has 0 saturated heterocycles. The van der Waals surface area contributed by atoms with E-state index in [1.807, 2.05) is 0 Å². The van der Waals surface area contributed by atoms with Gasteiger partial charge in [-0.1, -0.05) is 0 Å². The molecule has 0 bridgehead atoms. The molecule has 32 valence electrons. The van der Waals surface area contributed by atoms with E-state index in [1.54, 1.807) is 0 Å². The monoisotopic (exact) mass is 118 g/mol. The van der Waals surface area contributed by atoms with Crippen LogP contribution in [0.4, 0.5) is 0 Å². The van der Waals surface area contributed by atoms with Crippen LogP contribution in [-0.4, -0.2) is 19.2 Å². The van der Waals surface area contributed by atoms with Crippen LogP contribution in [0.1, 0.15) is 0 Å². The third-order valence-electron chi connectivity index (χ3n) is 0. The molecule has 0 rings (SSSR count). The molecule has 0 aromatic carbocycles. The zero-order chi connectivity index (χ0) is 4.50. The molecule has 5 heteroatoms. The van der Waals surface area contributed by atoms with Crippen molar-refractivity contribution in [2.24, 2.45) is 0 Å². The van der Waals surface area contributed by atoms with Gasteiger partial charge in [0.15, 0.2) is 0 Å². The van der Waals surface area contributed by atoms with E-state index in [2.05, 4.69) is 0 Å². The van der Waals surface area contributed by atoms with E-state index in [9.17, 15) is 0 Å². The predicted molar refractivity (Wildman–Crippen MR) is 15.6 cm³/mol. The van der Waals surface area contributed by atoms with Crippen molar-refractivity contribution in [1.29, 1.82) is 0 Å². The molecule has 6 heavy (non-hydrogen) atoms. The Hall–Kier alpha value is 0.910. The molecule has 0 spiro atoms. The summed E-state index contributed by atoms with van der Waals surface area (Å²) in [4.78, 5) is 0. The molecule has 0 aliphatic carbocycles. The smallest absolute Gasteiger partial charge is 0.748 e. The summed E-state index contributed by atoms with van der Waals surface area (Å²) >= 11 is 0. The van der Waals surface area contributed by atoms with Gasteiger partial charge in [-0.3, -0.25) is 0 Å². The third-order valence-corrected chi connectivity index (χ3v) is 0. The van der Waals surface area contributed by atoms with Crippen molar-refractivity contribution in [3.63, 3.8) is 0 Å². The van der Waals surface area contributed by atoms with Crippen molar-refractivity contribution in [3.05, 3.63) is 0 Å². The van der Waals surface area contributed by atoms with Gasteiger partial charge >= 0.3 is 29.6 Å². The molecule has 0 aromatic rings. The van der Waals surface area contributed by atoms with Crippen molar-refractivity contribution in [3.8, 4) is 0 Å². The fraction of sp³-hybridized carbons (Fsp3) is 1.00. The number of rotatable bonds is 0. The SMILES string of the molecule is CS(=O)(=O)[O-].[Na+]. The second kappa shape index (κ2) is 2.98. The molecule has 0 radical (unpaired) electrons. The summed E-state index contributed by atoms with van der Waals surface area (Å²) in [5.41, 5.74) is 0. The third kappa shape index (κ3) is 90.6. The van der Waals surface area contributed by atoms with Gasteiger partial charge in [-0.25, -0.2) is 8.42 Å². The topological polar surface area (TPSA) is 57.2 Å². The first kappa shape index (κ1) is 10.0. The average molecular weight is 118 g/mol. The van der Waals surface area contributed by atoms with E-state index >= 15 is 0 Å². The van der Waals surface area contributed by atoms with Crippen molar-refractivity contribution < 1.29 is 42.5 Å². The van der Waals surface area contributed by atoms with Gasteiger partial charge in [0.05, 0.1) is 10.1 Å². The summed E-state index contributed by atoms with van der Waals surface area (Å²) in [6.07, 6.45) is 0.604. The van der Waals surface area contributed by atoms with E-state index in [4.69, 9.17) is 13.0 Å². The van der Waals surface area contributed by atoms with Crippen LogP contribution >= 0.6 is 0 Å². The van der Waals surface area contributed by atoms with Crippen LogP contribution in [0.15, 0.2) is 0 Å². The Morgan fingerprint density at radius 2 is 1.50 bits per heavy atom. The molecule has 3 nitrogen and oxygen atoms in total. The summed E-state index contributed by atoms with van der Waals surface area (Å²) in [6, 6.07) is 0. The Labute approximate surface area is 58.8 Å². The quantitative estimate of drug-likeness (QED) is 0.242. The minimum absolute atomic E-state index is 0. The minimum atomic E-state index is -3.92. The van der Waals surface area contributed by atoms with E-state index in [1.165, 1.54) is 0 Å². The van der Waals surface area contributed by atoms with Gasteiger partial charge in [0.1, 0.15) is 0 Å². The fourth-order valence-corrected chi connectivity index (χ4v) is 0. The van der Waals surface area contributed by atoms with Gasteiger partial charge < -0.3 is 4.55 Å². The maximum Gasteiger partial charge on any atom is 1.00 e. The van der Waals surface area contributed by atoms with Gasteiger partial charge in [-0.15, -0.1) is 0 Å². The van der Waals surface area contributed by atoms with Gasteiger partial charge in [0.25, 0.3) is 0 Å². The number of hydrogen-bond acceptors (Lipinski definition) is 3. The first-order valence-corrected chi connectivity index (χ1v) is 2.72. The maximum absolute atomic E-state index is 9.08. The predicted octanol–water partition coefficient (Wildman–Crippen LogP) is -3.83. The van der Waals surface area contributed by atoms with Crippen LogP contribution in [0.25, 0.3) is 0 Å². The van der Waals surface area contributed by atoms with E-state index < -0.39 is 10.1 Å². The first-order chi connectivity index (χ1) is 2.00. The molecule has 0 saturated carbocycles. The summed E-state index contributed by atoms with van der Waals surface area (Å²) in [7, 11) is -3.92. The van der Waals surface area contributed by atoms with Crippen LogP contribution in [0.3, 0.4) is 0 Å². The Morgan fingerprint density at radius 3 is 1.50 bits per heavy atom. The van der Waals surface area contributed by atoms with E-state index in [-0.39, 0.29) is 29.6 Å². The molecular formula is CH3NaO3S. The Morgan fingerprint density at radius 1 is 1.50 bits per heavy atom. The molecule has 0 unspecified atom stereocenters.